The molecule has 1 heterocycles. The first-order valence-corrected chi connectivity index (χ1v) is 6.90. The zero-order valence-electron chi connectivity index (χ0n) is 10.7. The Hall–Kier alpha value is -1.10. The lowest BCUT2D eigenvalue weighted by molar-refractivity contribution is -0.137. The van der Waals surface area contributed by atoms with Gasteiger partial charge in [-0.1, -0.05) is 0 Å². The van der Waals surface area contributed by atoms with Gasteiger partial charge in [0.05, 0.1) is 0 Å². The number of unbranched alkanes of at least 4 members (excludes halogenated alkanes) is 1. The van der Waals surface area contributed by atoms with Crippen molar-refractivity contribution in [2.24, 2.45) is 0 Å². The number of hydrogen-bond acceptors (Lipinski definition) is 3. The number of amides is 1. The number of hydrogen-bond donors (Lipinski definition) is 2. The van der Waals surface area contributed by atoms with Gasteiger partial charge in [-0.15, -0.1) is 0 Å². The van der Waals surface area contributed by atoms with Crippen molar-refractivity contribution < 1.29 is 14.7 Å². The summed E-state index contributed by atoms with van der Waals surface area (Å²) in [4.78, 5) is 24.4. The molecule has 0 aromatic carbocycles. The molecule has 1 atom stereocenters. The van der Waals surface area contributed by atoms with Gasteiger partial charge in [-0.25, -0.2) is 0 Å². The number of carbonyl (C=O) groups is 2. The third-order valence-corrected chi connectivity index (χ3v) is 3.69. The Morgan fingerprint density at radius 1 is 1.17 bits per heavy atom. The van der Waals surface area contributed by atoms with Crippen LogP contribution < -0.4 is 5.32 Å². The zero-order valence-corrected chi connectivity index (χ0v) is 10.7. The number of likely N-dealkylation sites (tertiary alicyclic amines) is 1. The molecule has 0 radical (unpaired) electrons. The van der Waals surface area contributed by atoms with E-state index in [2.05, 4.69) is 10.2 Å². The molecule has 1 saturated carbocycles. The van der Waals surface area contributed by atoms with Crippen molar-refractivity contribution >= 4 is 11.9 Å². The summed E-state index contributed by atoms with van der Waals surface area (Å²) in [7, 11) is 0. The van der Waals surface area contributed by atoms with E-state index in [4.69, 9.17) is 5.11 Å². The molecule has 5 nitrogen and oxygen atoms in total. The summed E-state index contributed by atoms with van der Waals surface area (Å²) in [5, 5.41) is 11.5. The van der Waals surface area contributed by atoms with Gasteiger partial charge in [0.2, 0.25) is 5.91 Å². The summed E-state index contributed by atoms with van der Waals surface area (Å²) in [6, 6.07) is 1.08. The number of nitrogens with zero attached hydrogens (tertiary/aromatic N) is 1. The van der Waals surface area contributed by atoms with E-state index >= 15 is 0 Å². The first-order valence-electron chi connectivity index (χ1n) is 6.90. The maximum atomic E-state index is 11.7. The maximum Gasteiger partial charge on any atom is 0.303 e. The quantitative estimate of drug-likeness (QED) is 0.665. The Labute approximate surface area is 108 Å². The minimum Gasteiger partial charge on any atom is -0.481 e. The van der Waals surface area contributed by atoms with Gasteiger partial charge in [0.15, 0.2) is 0 Å². The Morgan fingerprint density at radius 2 is 1.89 bits per heavy atom. The van der Waals surface area contributed by atoms with Gasteiger partial charge in [-0.3, -0.25) is 14.5 Å². The molecule has 2 fully saturated rings. The fourth-order valence-corrected chi connectivity index (χ4v) is 2.54. The smallest absolute Gasteiger partial charge is 0.303 e. The predicted octanol–water partition coefficient (Wildman–Crippen LogP) is 0.984. The van der Waals surface area contributed by atoms with Gasteiger partial charge >= 0.3 is 5.97 Å². The summed E-state index contributed by atoms with van der Waals surface area (Å²) in [6.45, 7) is 2.10. The van der Waals surface area contributed by atoms with Crippen LogP contribution >= 0.6 is 0 Å². The number of carboxylic acids is 1. The normalized spacial score (nSPS) is 24.1. The number of rotatable bonds is 7. The highest BCUT2D eigenvalue weighted by Crippen LogP contribution is 2.29. The fourth-order valence-electron chi connectivity index (χ4n) is 2.54. The van der Waals surface area contributed by atoms with Gasteiger partial charge in [0.25, 0.3) is 0 Å². The molecular formula is C13H22N2O3. The van der Waals surface area contributed by atoms with Crippen LogP contribution in [0.3, 0.4) is 0 Å². The van der Waals surface area contributed by atoms with E-state index in [1.54, 1.807) is 0 Å². The molecule has 2 N–H and O–H groups in total. The van der Waals surface area contributed by atoms with E-state index in [1.165, 1.54) is 12.8 Å². The van der Waals surface area contributed by atoms with Crippen molar-refractivity contribution in [2.75, 3.05) is 13.1 Å². The molecule has 2 rings (SSSR count). The van der Waals surface area contributed by atoms with Gasteiger partial charge in [0.1, 0.15) is 0 Å². The summed E-state index contributed by atoms with van der Waals surface area (Å²) >= 11 is 0. The lowest BCUT2D eigenvalue weighted by atomic mass is 10.1. The first kappa shape index (κ1) is 13.3. The number of nitrogens with one attached hydrogen (secondary N) is 1. The SMILES string of the molecule is O=C(O)CCCCC(=O)NC1CCN(C2CC2)C1. The minimum atomic E-state index is -0.786. The summed E-state index contributed by atoms with van der Waals surface area (Å²) < 4.78 is 0. The molecule has 1 aliphatic carbocycles. The van der Waals surface area contributed by atoms with Crippen LogP contribution in [0.25, 0.3) is 0 Å². The van der Waals surface area contributed by atoms with E-state index in [1.807, 2.05) is 0 Å². The van der Waals surface area contributed by atoms with Crippen molar-refractivity contribution in [1.82, 2.24) is 10.2 Å². The van der Waals surface area contributed by atoms with E-state index in [9.17, 15) is 9.59 Å². The number of aliphatic carboxylic acids is 1. The van der Waals surface area contributed by atoms with Crippen LogP contribution in [0.2, 0.25) is 0 Å². The van der Waals surface area contributed by atoms with Crippen LogP contribution in [0.5, 0.6) is 0 Å². The molecule has 0 aromatic heterocycles. The molecule has 18 heavy (non-hydrogen) atoms. The van der Waals surface area contributed by atoms with Crippen LogP contribution in [-0.2, 0) is 9.59 Å². The first-order chi connectivity index (χ1) is 8.65. The molecule has 0 aromatic rings. The molecule has 5 heteroatoms. The second-order valence-corrected chi connectivity index (χ2v) is 5.38. The number of carboxylic acid groups (broad SMARTS) is 1. The maximum absolute atomic E-state index is 11.7. The van der Waals surface area contributed by atoms with E-state index in [0.717, 1.165) is 25.6 Å². The summed E-state index contributed by atoms with van der Waals surface area (Å²) in [6.07, 6.45) is 5.54. The highest BCUT2D eigenvalue weighted by Gasteiger charge is 2.34. The third kappa shape index (κ3) is 4.29. The Morgan fingerprint density at radius 3 is 2.56 bits per heavy atom. The highest BCUT2D eigenvalue weighted by molar-refractivity contribution is 5.76. The highest BCUT2D eigenvalue weighted by atomic mass is 16.4. The van der Waals surface area contributed by atoms with Crippen LogP contribution in [0.1, 0.15) is 44.9 Å². The van der Waals surface area contributed by atoms with Crippen LogP contribution in [-0.4, -0.2) is 47.1 Å². The Bertz CT molecular complexity index is 315. The second-order valence-electron chi connectivity index (χ2n) is 5.38. The van der Waals surface area contributed by atoms with Gasteiger partial charge in [-0.2, -0.15) is 0 Å². The molecule has 1 saturated heterocycles. The van der Waals surface area contributed by atoms with Crippen molar-refractivity contribution in [3.05, 3.63) is 0 Å². The predicted molar refractivity (Wildman–Crippen MR) is 67.2 cm³/mol. The average Bonchev–Trinajstić information content (AvgIpc) is 3.06. The molecule has 102 valence electrons. The van der Waals surface area contributed by atoms with Gasteiger partial charge in [-0.05, 0) is 32.1 Å². The topological polar surface area (TPSA) is 69.6 Å². The average molecular weight is 254 g/mol. The zero-order chi connectivity index (χ0) is 13.0. The van der Waals surface area contributed by atoms with Crippen molar-refractivity contribution in [2.45, 2.75) is 57.0 Å². The monoisotopic (exact) mass is 254 g/mol. The molecular weight excluding hydrogens is 232 g/mol. The van der Waals surface area contributed by atoms with Crippen molar-refractivity contribution in [3.63, 3.8) is 0 Å². The van der Waals surface area contributed by atoms with E-state index in [-0.39, 0.29) is 12.3 Å². The van der Waals surface area contributed by atoms with Gasteiger partial charge < -0.3 is 10.4 Å². The van der Waals surface area contributed by atoms with Crippen molar-refractivity contribution in [3.8, 4) is 0 Å². The lowest BCUT2D eigenvalue weighted by Gasteiger charge is -2.15. The largest absolute Gasteiger partial charge is 0.481 e. The summed E-state index contributed by atoms with van der Waals surface area (Å²) in [5.74, 6) is -0.714. The van der Waals surface area contributed by atoms with E-state index in [0.29, 0.717) is 25.3 Å². The van der Waals surface area contributed by atoms with E-state index < -0.39 is 5.97 Å². The molecule has 2 aliphatic rings. The fraction of sp³-hybridized carbons (Fsp3) is 0.846. The lowest BCUT2D eigenvalue weighted by Crippen LogP contribution is -2.37. The standard InChI is InChI=1S/C13H22N2O3/c16-12(3-1-2-4-13(17)18)14-10-7-8-15(9-10)11-5-6-11/h10-11H,1-9H2,(H,14,16)(H,17,18). The second kappa shape index (κ2) is 6.18. The van der Waals surface area contributed by atoms with Crippen LogP contribution in [0, 0.1) is 0 Å². The Kier molecular flexibility index (Phi) is 4.58. The Balaban J connectivity index is 1.55. The van der Waals surface area contributed by atoms with Gasteiger partial charge in [0, 0.05) is 38.0 Å². The minimum absolute atomic E-state index is 0.0723. The molecule has 1 unspecified atom stereocenters. The number of carbonyl (C=O) groups excluding carboxylic acids is 1. The molecule has 1 aliphatic heterocycles. The van der Waals surface area contributed by atoms with Crippen molar-refractivity contribution in [1.29, 1.82) is 0 Å². The van der Waals surface area contributed by atoms with Crippen LogP contribution in [0.4, 0.5) is 0 Å². The molecule has 0 spiro atoms. The third-order valence-electron chi connectivity index (χ3n) is 3.69. The molecule has 0 bridgehead atoms. The van der Waals surface area contributed by atoms with Crippen LogP contribution in [0.15, 0.2) is 0 Å². The summed E-state index contributed by atoms with van der Waals surface area (Å²) in [5.41, 5.74) is 0. The molecule has 1 amide bonds.